The largest absolute Gasteiger partial charge is 0.453 e. The van der Waals surface area contributed by atoms with E-state index < -0.39 is 24.3 Å². The zero-order chi connectivity index (χ0) is 37.8. The summed E-state index contributed by atoms with van der Waals surface area (Å²) in [5.41, 5.74) is 3.88. The van der Waals surface area contributed by atoms with Gasteiger partial charge in [0.15, 0.2) is 0 Å². The summed E-state index contributed by atoms with van der Waals surface area (Å²) < 4.78 is 9.52. The van der Waals surface area contributed by atoms with Gasteiger partial charge in [0.25, 0.3) is 0 Å². The fourth-order valence-electron chi connectivity index (χ4n) is 7.33. The average molecular weight is 883 g/mol. The maximum absolute atomic E-state index is 13.6. The number of benzene rings is 1. The summed E-state index contributed by atoms with van der Waals surface area (Å²) in [6.45, 7) is 8.83. The number of likely N-dealkylation sites (tertiary alicyclic amines) is 2. The summed E-state index contributed by atoms with van der Waals surface area (Å²) in [7, 11) is 2.59. The number of aromatic nitrogens is 4. The van der Waals surface area contributed by atoms with E-state index in [0.29, 0.717) is 13.1 Å². The Morgan fingerprint density at radius 1 is 0.789 bits per heavy atom. The van der Waals surface area contributed by atoms with E-state index in [1.807, 2.05) is 49.8 Å². The number of rotatable bonds is 12. The molecule has 14 nitrogen and oxygen atoms in total. The fraction of sp³-hybridized carbons (Fsp3) is 0.526. The van der Waals surface area contributed by atoms with Gasteiger partial charge >= 0.3 is 12.2 Å². The predicted octanol–water partition coefficient (Wildman–Crippen LogP) is 6.34. The molecule has 0 bridgehead atoms. The molecule has 316 valence electrons. The number of hydrogen-bond acceptors (Lipinski definition) is 9. The van der Waals surface area contributed by atoms with Crippen molar-refractivity contribution in [3.63, 3.8) is 0 Å². The van der Waals surface area contributed by atoms with Crippen molar-refractivity contribution in [1.82, 2.24) is 40.4 Å². The lowest BCUT2D eigenvalue weighted by atomic mass is 10.0. The van der Waals surface area contributed by atoms with Crippen LogP contribution in [-0.4, -0.2) is 93.1 Å². The molecule has 1 unspecified atom stereocenters. The van der Waals surface area contributed by atoms with Crippen LogP contribution in [0.15, 0.2) is 36.5 Å². The number of aromatic amines is 2. The van der Waals surface area contributed by atoms with Crippen LogP contribution in [0.5, 0.6) is 0 Å². The Hall–Kier alpha value is -3.52. The van der Waals surface area contributed by atoms with E-state index in [-0.39, 0.29) is 89.7 Å². The molecule has 4 amide bonds. The zero-order valence-electron chi connectivity index (χ0n) is 33.2. The van der Waals surface area contributed by atoms with Gasteiger partial charge in [0.1, 0.15) is 23.7 Å². The number of fused-ring (bicyclic) bond motifs is 1. The summed E-state index contributed by atoms with van der Waals surface area (Å²) in [4.78, 5) is 73.4. The van der Waals surface area contributed by atoms with Crippen molar-refractivity contribution in [2.24, 2.45) is 11.8 Å². The van der Waals surface area contributed by atoms with E-state index in [9.17, 15) is 19.2 Å². The number of nitrogens with one attached hydrogen (secondary N) is 4. The number of hydrogen-bond donors (Lipinski definition) is 4. The van der Waals surface area contributed by atoms with Gasteiger partial charge in [0.05, 0.1) is 54.1 Å². The van der Waals surface area contributed by atoms with Crippen molar-refractivity contribution in [2.45, 2.75) is 90.4 Å². The summed E-state index contributed by atoms with van der Waals surface area (Å²) in [5, 5.41) is 5.40. The molecule has 0 saturated carbocycles. The lowest BCUT2D eigenvalue weighted by molar-refractivity contribution is -0.136. The fourth-order valence-corrected chi connectivity index (χ4v) is 8.30. The molecule has 1 aromatic carbocycles. The Morgan fingerprint density at radius 3 is 1.89 bits per heavy atom. The van der Waals surface area contributed by atoms with Gasteiger partial charge in [-0.1, -0.05) is 33.8 Å². The predicted molar refractivity (Wildman–Crippen MR) is 243 cm³/mol. The molecular weight excluding hydrogens is 825 g/mol. The van der Waals surface area contributed by atoms with E-state index in [4.69, 9.17) is 14.5 Å². The average Bonchev–Trinajstić information content (AvgIpc) is 3.98. The van der Waals surface area contributed by atoms with Crippen molar-refractivity contribution < 1.29 is 28.7 Å². The number of H-pyrrole nitrogens is 2. The van der Waals surface area contributed by atoms with Gasteiger partial charge in [-0.2, -0.15) is 54.0 Å². The van der Waals surface area contributed by atoms with Crippen LogP contribution in [0.4, 0.5) is 9.59 Å². The van der Waals surface area contributed by atoms with Crippen LogP contribution in [0, 0.1) is 11.8 Å². The van der Waals surface area contributed by atoms with Crippen LogP contribution >= 0.6 is 65.3 Å². The molecule has 57 heavy (non-hydrogen) atoms. The lowest BCUT2D eigenvalue weighted by Gasteiger charge is -2.30. The monoisotopic (exact) mass is 882 g/mol. The number of thiophene rings is 1. The Kier molecular flexibility index (Phi) is 19.2. The molecule has 3 aromatic heterocycles. The molecule has 19 heteroatoms. The highest BCUT2D eigenvalue weighted by Gasteiger charge is 2.39. The molecule has 2 aliphatic rings. The number of carbonyl (C=O) groups is 4. The zero-order valence-corrected chi connectivity index (χ0v) is 38.0. The molecule has 0 aliphatic carbocycles. The van der Waals surface area contributed by atoms with Gasteiger partial charge in [-0.15, -0.1) is 11.3 Å². The quantitative estimate of drug-likeness (QED) is 0.128. The van der Waals surface area contributed by atoms with E-state index in [2.05, 4.69) is 49.9 Å². The van der Waals surface area contributed by atoms with Gasteiger partial charge in [0, 0.05) is 18.0 Å². The number of alkyl carbamates (subject to hydrolysis) is 2. The first-order chi connectivity index (χ1) is 25.5. The lowest BCUT2D eigenvalue weighted by Crippen LogP contribution is -2.51. The van der Waals surface area contributed by atoms with Gasteiger partial charge in [-0.25, -0.2) is 19.6 Å². The highest BCUT2D eigenvalue weighted by Crippen LogP contribution is 2.35. The minimum absolute atomic E-state index is 0. The molecule has 0 radical (unpaired) electrons. The summed E-state index contributed by atoms with van der Waals surface area (Å²) in [5.74, 6) is 1.05. The Morgan fingerprint density at radius 2 is 1.35 bits per heavy atom. The molecule has 5 heterocycles. The van der Waals surface area contributed by atoms with Crippen LogP contribution in [0.25, 0.3) is 21.6 Å². The molecule has 6 rings (SSSR count). The summed E-state index contributed by atoms with van der Waals surface area (Å²) in [6, 6.07) is 8.79. The van der Waals surface area contributed by atoms with Crippen molar-refractivity contribution in [1.29, 1.82) is 0 Å². The van der Waals surface area contributed by atoms with Crippen LogP contribution < -0.4 is 10.6 Å². The third-order valence-electron chi connectivity index (χ3n) is 10.2. The van der Waals surface area contributed by atoms with Crippen molar-refractivity contribution in [3.8, 4) is 10.6 Å². The van der Waals surface area contributed by atoms with E-state index in [1.54, 1.807) is 11.3 Å². The van der Waals surface area contributed by atoms with E-state index in [1.165, 1.54) is 24.7 Å². The summed E-state index contributed by atoms with van der Waals surface area (Å²) >= 11 is 1.72. The molecule has 2 aliphatic heterocycles. The maximum atomic E-state index is 13.6. The van der Waals surface area contributed by atoms with Crippen LogP contribution in [0.1, 0.15) is 87.6 Å². The van der Waals surface area contributed by atoms with Gasteiger partial charge in [-0.05, 0) is 80.2 Å². The molecule has 0 spiro atoms. The van der Waals surface area contributed by atoms with Crippen LogP contribution in [0.3, 0.4) is 0 Å². The van der Waals surface area contributed by atoms with E-state index >= 15 is 0 Å². The SMILES string of the molecule is COC(=O)N[C@H](C(=O)N1CCCC1c1ncc(-c2ccc(CCc3ccc4nc([C@@H]5CCCN5C(=O)[C@@H](NC(=O)OC)C(C)C)[nH]c4c3)s2)[nH]1)C(C)C.S.S.S.S. The number of methoxy groups -OCH3 is 2. The normalized spacial score (nSPS) is 17.2. The Balaban J connectivity index is 0.00000280. The second kappa shape index (κ2) is 22.0. The molecule has 2 saturated heterocycles. The number of amides is 4. The highest BCUT2D eigenvalue weighted by atomic mass is 32.1. The molecule has 4 N–H and O–H groups in total. The standard InChI is InChI=1S/C38H50N8O6S.4H2S/c1-21(2)31(43-37(49)51-5)35(47)45-17-7-9-28(45)33-39-20-27(42-33)30-16-14-24(53-30)13-11-23-12-15-25-26(19-23)41-34(40-25)29-10-8-18-46(29)36(48)32(22(3)4)44-38(50)52-6;;;;/h12,14-16,19-22,28-29,31-32H,7-11,13,17-18H2,1-6H3,(H,39,42)(H,40,41)(H,43,49)(H,44,50);4*1H2/t28?,29-,31-,32-;;;;/m0..../s1. The number of aryl methyl sites for hydroxylation is 2. The number of ether oxygens (including phenoxy) is 2. The van der Waals surface area contributed by atoms with Crippen LogP contribution in [-0.2, 0) is 31.9 Å². The second-order valence-electron chi connectivity index (χ2n) is 14.5. The van der Waals surface area contributed by atoms with Crippen molar-refractivity contribution in [2.75, 3.05) is 27.3 Å². The minimum atomic E-state index is -0.679. The third-order valence-corrected chi connectivity index (χ3v) is 11.4. The number of nitrogens with zero attached hydrogens (tertiary/aromatic N) is 4. The molecule has 2 fully saturated rings. The minimum Gasteiger partial charge on any atom is -0.453 e. The first-order valence-electron chi connectivity index (χ1n) is 18.4. The Bertz CT molecular complexity index is 1950. The van der Waals surface area contributed by atoms with Gasteiger partial charge < -0.3 is 39.9 Å². The van der Waals surface area contributed by atoms with Gasteiger partial charge in [-0.3, -0.25) is 9.59 Å². The number of imidazole rings is 2. The summed E-state index contributed by atoms with van der Waals surface area (Å²) in [6.07, 6.45) is 5.61. The smallest absolute Gasteiger partial charge is 0.407 e. The topological polar surface area (TPSA) is 175 Å². The first-order valence-corrected chi connectivity index (χ1v) is 19.2. The third kappa shape index (κ3) is 11.4. The second-order valence-corrected chi connectivity index (χ2v) is 15.7. The van der Waals surface area contributed by atoms with Crippen molar-refractivity contribution >= 4 is 100 Å². The van der Waals surface area contributed by atoms with E-state index in [0.717, 1.165) is 71.8 Å². The first kappa shape index (κ1) is 49.6. The molecule has 4 aromatic rings. The Labute approximate surface area is 366 Å². The maximum Gasteiger partial charge on any atom is 0.407 e. The number of carbonyl (C=O) groups excluding carboxylic acids is 4. The molecule has 4 atom stereocenters. The van der Waals surface area contributed by atoms with Gasteiger partial charge in [0.2, 0.25) is 11.8 Å². The van der Waals surface area contributed by atoms with Crippen molar-refractivity contribution in [3.05, 3.63) is 58.6 Å². The van der Waals surface area contributed by atoms with Crippen LogP contribution in [0.2, 0.25) is 0 Å². The molecular formula is C38H58N8O6S5. The highest BCUT2D eigenvalue weighted by molar-refractivity contribution is 7.59.